The van der Waals surface area contributed by atoms with Crippen molar-refractivity contribution >= 4 is 5.82 Å². The molecule has 16 heavy (non-hydrogen) atoms. The van der Waals surface area contributed by atoms with Crippen LogP contribution in [0.2, 0.25) is 0 Å². The van der Waals surface area contributed by atoms with E-state index >= 15 is 0 Å². The van der Waals surface area contributed by atoms with Crippen molar-refractivity contribution in [2.45, 2.75) is 18.9 Å². The molecule has 0 radical (unpaired) electrons. The van der Waals surface area contributed by atoms with Crippen LogP contribution >= 0.6 is 0 Å². The topological polar surface area (TPSA) is 32.3 Å². The zero-order valence-corrected chi connectivity index (χ0v) is 9.73. The van der Waals surface area contributed by atoms with Crippen LogP contribution in [0.1, 0.15) is 12.8 Å². The molecule has 1 aliphatic heterocycles. The van der Waals surface area contributed by atoms with Crippen LogP contribution in [0.15, 0.2) is 12.4 Å². The summed E-state index contributed by atoms with van der Waals surface area (Å²) in [4.78, 5) is 11.9. The molecule has 1 aromatic heterocycles. The predicted octanol–water partition coefficient (Wildman–Crippen LogP) is 1.15. The lowest BCUT2D eigenvalue weighted by Gasteiger charge is -2.27. The van der Waals surface area contributed by atoms with Gasteiger partial charge in [-0.1, -0.05) is 0 Å². The summed E-state index contributed by atoms with van der Waals surface area (Å²) in [5.74, 6) is 0.248. The molecule has 1 fully saturated rings. The normalized spacial score (nSPS) is 20.8. The Hall–Kier alpha value is -1.23. The van der Waals surface area contributed by atoms with E-state index in [1.54, 1.807) is 0 Å². The number of rotatable bonds is 3. The number of halogens is 1. The highest BCUT2D eigenvalue weighted by molar-refractivity contribution is 5.39. The Morgan fingerprint density at radius 2 is 2.31 bits per heavy atom. The Morgan fingerprint density at radius 1 is 1.50 bits per heavy atom. The number of anilines is 1. The van der Waals surface area contributed by atoms with Crippen molar-refractivity contribution in [3.63, 3.8) is 0 Å². The molecule has 0 amide bonds. The minimum absolute atomic E-state index is 0.435. The molecule has 2 rings (SSSR count). The fraction of sp³-hybridized carbons (Fsp3) is 0.636. The lowest BCUT2D eigenvalue weighted by atomic mass is 10.2. The lowest BCUT2D eigenvalue weighted by Crippen LogP contribution is -2.38. The van der Waals surface area contributed by atoms with Gasteiger partial charge >= 0.3 is 0 Å². The largest absolute Gasteiger partial charge is 0.352 e. The van der Waals surface area contributed by atoms with Gasteiger partial charge in [0.15, 0.2) is 0 Å². The molecule has 1 aromatic rings. The molecular weight excluding hydrogens is 207 g/mol. The van der Waals surface area contributed by atoms with Crippen LogP contribution in [0.5, 0.6) is 0 Å². The van der Waals surface area contributed by atoms with Gasteiger partial charge in [-0.25, -0.2) is 9.97 Å². The van der Waals surface area contributed by atoms with Crippen LogP contribution in [0, 0.1) is 5.95 Å². The molecule has 88 valence electrons. The highest BCUT2D eigenvalue weighted by Gasteiger charge is 2.26. The van der Waals surface area contributed by atoms with Crippen molar-refractivity contribution in [2.75, 3.05) is 32.1 Å². The summed E-state index contributed by atoms with van der Waals surface area (Å²) in [6.07, 6.45) is 3.57. The summed E-state index contributed by atoms with van der Waals surface area (Å²) in [6.45, 7) is 1.93. The summed E-state index contributed by atoms with van der Waals surface area (Å²) in [6, 6.07) is 1.85. The van der Waals surface area contributed by atoms with E-state index in [1.807, 2.05) is 0 Å². The van der Waals surface area contributed by atoms with Gasteiger partial charge < -0.3 is 9.80 Å². The molecule has 4 nitrogen and oxygen atoms in total. The van der Waals surface area contributed by atoms with Gasteiger partial charge in [-0.05, 0) is 26.9 Å². The average Bonchev–Trinajstić information content (AvgIpc) is 2.65. The molecule has 5 heteroatoms. The fourth-order valence-electron chi connectivity index (χ4n) is 2.23. The van der Waals surface area contributed by atoms with Crippen molar-refractivity contribution in [1.82, 2.24) is 14.9 Å². The van der Waals surface area contributed by atoms with Crippen LogP contribution < -0.4 is 4.90 Å². The number of likely N-dealkylation sites (N-methyl/N-ethyl adjacent to an activating group) is 1. The predicted molar refractivity (Wildman–Crippen MR) is 60.9 cm³/mol. The molecule has 1 saturated heterocycles. The van der Waals surface area contributed by atoms with Crippen molar-refractivity contribution < 1.29 is 4.39 Å². The maximum absolute atomic E-state index is 13.0. The summed E-state index contributed by atoms with van der Waals surface area (Å²) >= 11 is 0. The minimum atomic E-state index is -0.458. The molecule has 0 saturated carbocycles. The minimum Gasteiger partial charge on any atom is -0.352 e. The lowest BCUT2D eigenvalue weighted by molar-refractivity contribution is 0.371. The molecule has 1 atom stereocenters. The van der Waals surface area contributed by atoms with Gasteiger partial charge in [0.25, 0.3) is 0 Å². The molecular formula is C11H17FN4. The second-order valence-corrected chi connectivity index (χ2v) is 4.45. The maximum atomic E-state index is 13.0. The van der Waals surface area contributed by atoms with Gasteiger partial charge in [0.2, 0.25) is 5.95 Å². The second kappa shape index (κ2) is 4.74. The van der Waals surface area contributed by atoms with Gasteiger partial charge in [0.1, 0.15) is 12.1 Å². The Kier molecular flexibility index (Phi) is 3.33. The maximum Gasteiger partial charge on any atom is 0.218 e. The Labute approximate surface area is 95.1 Å². The third-order valence-corrected chi connectivity index (χ3v) is 2.87. The first-order chi connectivity index (χ1) is 7.66. The molecule has 0 aromatic carbocycles. The zero-order valence-electron chi connectivity index (χ0n) is 9.73. The van der Waals surface area contributed by atoms with Gasteiger partial charge in [0.05, 0.1) is 0 Å². The van der Waals surface area contributed by atoms with Crippen molar-refractivity contribution in [3.8, 4) is 0 Å². The van der Waals surface area contributed by atoms with Crippen LogP contribution in [0.3, 0.4) is 0 Å². The van der Waals surface area contributed by atoms with E-state index in [0.717, 1.165) is 25.9 Å². The smallest absolute Gasteiger partial charge is 0.218 e. The monoisotopic (exact) mass is 224 g/mol. The molecule has 0 N–H and O–H groups in total. The van der Waals surface area contributed by atoms with Gasteiger partial charge in [0, 0.05) is 25.2 Å². The molecule has 0 bridgehead atoms. The van der Waals surface area contributed by atoms with Crippen LogP contribution in [0.25, 0.3) is 0 Å². The Bertz CT molecular complexity index is 356. The molecule has 2 heterocycles. The summed E-state index contributed by atoms with van der Waals surface area (Å²) in [5.41, 5.74) is 0. The van der Waals surface area contributed by atoms with E-state index in [9.17, 15) is 4.39 Å². The summed E-state index contributed by atoms with van der Waals surface area (Å²) < 4.78 is 13.0. The average molecular weight is 224 g/mol. The standard InChI is InChI=1S/C11H17FN4/c1-15(2)7-9-4-3-5-16(9)11-6-10(12)13-8-14-11/h6,8-9H,3-5,7H2,1-2H3. The van der Waals surface area contributed by atoms with E-state index in [1.165, 1.54) is 12.4 Å². The zero-order chi connectivity index (χ0) is 11.5. The second-order valence-electron chi connectivity index (χ2n) is 4.45. The van der Waals surface area contributed by atoms with E-state index in [2.05, 4.69) is 33.9 Å². The van der Waals surface area contributed by atoms with Gasteiger partial charge in [-0.2, -0.15) is 4.39 Å². The number of nitrogens with zero attached hydrogens (tertiary/aromatic N) is 4. The Morgan fingerprint density at radius 3 is 3.00 bits per heavy atom. The molecule has 1 aliphatic rings. The molecule has 0 aliphatic carbocycles. The molecule has 0 spiro atoms. The SMILES string of the molecule is CN(C)CC1CCCN1c1cc(F)ncn1. The van der Waals surface area contributed by atoms with Gasteiger partial charge in [-0.3, -0.25) is 0 Å². The fourth-order valence-corrected chi connectivity index (χ4v) is 2.23. The van der Waals surface area contributed by atoms with Crippen LogP contribution in [-0.4, -0.2) is 48.1 Å². The van der Waals surface area contributed by atoms with Crippen molar-refractivity contribution in [1.29, 1.82) is 0 Å². The van der Waals surface area contributed by atoms with Crippen molar-refractivity contribution in [3.05, 3.63) is 18.3 Å². The third kappa shape index (κ3) is 2.47. The quantitative estimate of drug-likeness (QED) is 0.721. The first-order valence-corrected chi connectivity index (χ1v) is 5.56. The number of hydrogen-bond donors (Lipinski definition) is 0. The number of aromatic nitrogens is 2. The van der Waals surface area contributed by atoms with E-state index in [0.29, 0.717) is 11.9 Å². The van der Waals surface area contributed by atoms with E-state index < -0.39 is 5.95 Å². The van der Waals surface area contributed by atoms with Gasteiger partial charge in [-0.15, -0.1) is 0 Å². The van der Waals surface area contributed by atoms with Crippen molar-refractivity contribution in [2.24, 2.45) is 0 Å². The van der Waals surface area contributed by atoms with E-state index in [4.69, 9.17) is 0 Å². The highest BCUT2D eigenvalue weighted by atomic mass is 19.1. The first-order valence-electron chi connectivity index (χ1n) is 5.56. The van der Waals surface area contributed by atoms with E-state index in [-0.39, 0.29) is 0 Å². The Balaban J connectivity index is 2.13. The highest BCUT2D eigenvalue weighted by Crippen LogP contribution is 2.23. The first kappa shape index (κ1) is 11.3. The third-order valence-electron chi connectivity index (χ3n) is 2.87. The van der Waals surface area contributed by atoms with Crippen LogP contribution in [0.4, 0.5) is 10.2 Å². The number of hydrogen-bond acceptors (Lipinski definition) is 4. The molecule has 1 unspecified atom stereocenters. The summed E-state index contributed by atoms with van der Waals surface area (Å²) in [7, 11) is 4.11. The summed E-state index contributed by atoms with van der Waals surface area (Å²) in [5, 5.41) is 0. The van der Waals surface area contributed by atoms with Crippen LogP contribution in [-0.2, 0) is 0 Å².